The number of carbonyl (C=O) groups is 1. The summed E-state index contributed by atoms with van der Waals surface area (Å²) in [7, 11) is 0. The first-order valence-corrected chi connectivity index (χ1v) is 11.3. The number of unbranched alkanes of at least 4 members (excludes halogenated alkanes) is 15. The largest absolute Gasteiger partial charge is 0.448 e. The number of rotatable bonds is 19. The van der Waals surface area contributed by atoms with Crippen LogP contribution in [0.25, 0.3) is 0 Å². The number of hydrogen-bond donors (Lipinski definition) is 1. The summed E-state index contributed by atoms with van der Waals surface area (Å²) < 4.78 is 4.84. The summed E-state index contributed by atoms with van der Waals surface area (Å²) in [6, 6.07) is 0. The van der Waals surface area contributed by atoms with Crippen LogP contribution in [0.5, 0.6) is 0 Å². The van der Waals surface area contributed by atoms with Gasteiger partial charge in [0, 0.05) is 6.54 Å². The van der Waals surface area contributed by atoms with E-state index in [0.717, 1.165) is 6.42 Å². The molecule has 3 nitrogen and oxygen atoms in total. The smallest absolute Gasteiger partial charge is 0.407 e. The van der Waals surface area contributed by atoms with Gasteiger partial charge in [-0.25, -0.2) is 4.79 Å². The van der Waals surface area contributed by atoms with Gasteiger partial charge in [-0.15, -0.1) is 11.6 Å². The van der Waals surface area contributed by atoms with E-state index in [-0.39, 0.29) is 12.7 Å². The molecule has 0 unspecified atom stereocenters. The van der Waals surface area contributed by atoms with Crippen LogP contribution in [-0.4, -0.2) is 25.1 Å². The van der Waals surface area contributed by atoms with E-state index >= 15 is 0 Å². The van der Waals surface area contributed by atoms with Crippen LogP contribution in [0.1, 0.15) is 110 Å². The van der Waals surface area contributed by atoms with Crippen LogP contribution in [0, 0.1) is 0 Å². The van der Waals surface area contributed by atoms with Gasteiger partial charge in [0.15, 0.2) is 0 Å². The van der Waals surface area contributed by atoms with E-state index in [0.29, 0.717) is 12.4 Å². The molecule has 0 saturated heterocycles. The number of nitrogens with one attached hydrogen (secondary N) is 1. The predicted octanol–water partition coefficient (Wildman–Crippen LogP) is 7.21. The van der Waals surface area contributed by atoms with Gasteiger partial charge in [-0.05, 0) is 6.42 Å². The third kappa shape index (κ3) is 21.5. The Balaban J connectivity index is 3.04. The highest BCUT2D eigenvalue weighted by molar-refractivity contribution is 6.18. The number of ether oxygens (including phenoxy) is 1. The summed E-state index contributed by atoms with van der Waals surface area (Å²) >= 11 is 5.45. The highest BCUT2D eigenvalue weighted by Crippen LogP contribution is 2.13. The van der Waals surface area contributed by atoms with E-state index < -0.39 is 0 Å². The summed E-state index contributed by atoms with van der Waals surface area (Å²) in [4.78, 5) is 11.2. The molecule has 0 aliphatic carbocycles. The van der Waals surface area contributed by atoms with Gasteiger partial charge in [-0.2, -0.15) is 0 Å². The highest BCUT2D eigenvalue weighted by Gasteiger charge is 1.99. The lowest BCUT2D eigenvalue weighted by Gasteiger charge is -2.05. The number of alkyl halides is 1. The summed E-state index contributed by atoms with van der Waals surface area (Å²) in [5, 5.41) is 2.75. The molecular formula is C21H42ClNO2. The lowest BCUT2D eigenvalue weighted by molar-refractivity contribution is 0.153. The van der Waals surface area contributed by atoms with Crippen LogP contribution in [0.3, 0.4) is 0 Å². The second kappa shape index (κ2) is 21.6. The molecule has 0 bridgehead atoms. The van der Waals surface area contributed by atoms with Crippen molar-refractivity contribution in [1.29, 1.82) is 0 Å². The molecule has 1 amide bonds. The van der Waals surface area contributed by atoms with Crippen molar-refractivity contribution >= 4 is 17.7 Å². The van der Waals surface area contributed by atoms with E-state index in [2.05, 4.69) is 12.2 Å². The van der Waals surface area contributed by atoms with Crippen molar-refractivity contribution in [3.05, 3.63) is 0 Å². The fourth-order valence-corrected chi connectivity index (χ4v) is 3.12. The average Bonchev–Trinajstić information content (AvgIpc) is 2.62. The first-order valence-electron chi connectivity index (χ1n) is 10.8. The van der Waals surface area contributed by atoms with E-state index in [1.807, 2.05) is 0 Å². The highest BCUT2D eigenvalue weighted by atomic mass is 35.5. The molecule has 25 heavy (non-hydrogen) atoms. The zero-order valence-corrected chi connectivity index (χ0v) is 17.4. The molecule has 0 aromatic heterocycles. The zero-order valence-electron chi connectivity index (χ0n) is 16.6. The second-order valence-corrected chi connectivity index (χ2v) is 7.43. The Labute approximate surface area is 161 Å². The lowest BCUT2D eigenvalue weighted by atomic mass is 10.0. The molecular weight excluding hydrogens is 334 g/mol. The van der Waals surface area contributed by atoms with E-state index in [1.165, 1.54) is 96.3 Å². The maximum absolute atomic E-state index is 11.2. The predicted molar refractivity (Wildman–Crippen MR) is 110 cm³/mol. The molecule has 0 aromatic carbocycles. The summed E-state index contributed by atoms with van der Waals surface area (Å²) in [5.41, 5.74) is 0. The van der Waals surface area contributed by atoms with Crippen molar-refractivity contribution in [2.45, 2.75) is 110 Å². The zero-order chi connectivity index (χ0) is 18.4. The summed E-state index contributed by atoms with van der Waals surface area (Å²) in [6.07, 6.45) is 21.5. The third-order valence-corrected chi connectivity index (χ3v) is 4.76. The number of carbonyl (C=O) groups excluding carboxylic acids is 1. The Morgan fingerprint density at radius 2 is 1.12 bits per heavy atom. The maximum Gasteiger partial charge on any atom is 0.407 e. The second-order valence-electron chi connectivity index (χ2n) is 7.05. The van der Waals surface area contributed by atoms with Crippen molar-refractivity contribution in [2.24, 2.45) is 0 Å². The van der Waals surface area contributed by atoms with Gasteiger partial charge in [0.2, 0.25) is 0 Å². The van der Waals surface area contributed by atoms with Crippen molar-refractivity contribution in [2.75, 3.05) is 19.0 Å². The van der Waals surface area contributed by atoms with Gasteiger partial charge < -0.3 is 10.1 Å². The maximum atomic E-state index is 11.2. The molecule has 0 spiro atoms. The van der Waals surface area contributed by atoms with Crippen LogP contribution in [0.4, 0.5) is 4.79 Å². The van der Waals surface area contributed by atoms with Crippen molar-refractivity contribution in [3.8, 4) is 0 Å². The first-order chi connectivity index (χ1) is 12.3. The third-order valence-electron chi connectivity index (χ3n) is 4.61. The fourth-order valence-electron chi connectivity index (χ4n) is 3.05. The van der Waals surface area contributed by atoms with E-state index in [1.54, 1.807) is 0 Å². The average molecular weight is 376 g/mol. The molecule has 0 aromatic rings. The van der Waals surface area contributed by atoms with Gasteiger partial charge in [-0.1, -0.05) is 103 Å². The fraction of sp³-hybridized carbons (Fsp3) is 0.952. The Hall–Kier alpha value is -0.440. The van der Waals surface area contributed by atoms with Crippen LogP contribution in [0.15, 0.2) is 0 Å². The van der Waals surface area contributed by atoms with Crippen molar-refractivity contribution in [3.63, 3.8) is 0 Å². The molecule has 0 heterocycles. The minimum absolute atomic E-state index is 0.284. The topological polar surface area (TPSA) is 38.3 Å². The number of hydrogen-bond acceptors (Lipinski definition) is 2. The van der Waals surface area contributed by atoms with E-state index in [4.69, 9.17) is 16.3 Å². The molecule has 0 aliphatic heterocycles. The molecule has 1 N–H and O–H groups in total. The number of alkyl carbamates (subject to hydrolysis) is 1. The Bertz CT molecular complexity index is 275. The van der Waals surface area contributed by atoms with Crippen LogP contribution < -0.4 is 5.32 Å². The van der Waals surface area contributed by atoms with E-state index in [9.17, 15) is 4.79 Å². The minimum Gasteiger partial charge on any atom is -0.448 e. The SMILES string of the molecule is CCCCCCCCCCCCCCCCCCNC(=O)OCCCl. The van der Waals surface area contributed by atoms with Gasteiger partial charge in [-0.3, -0.25) is 0 Å². The van der Waals surface area contributed by atoms with Crippen LogP contribution in [-0.2, 0) is 4.74 Å². The molecule has 0 atom stereocenters. The van der Waals surface area contributed by atoms with Gasteiger partial charge in [0.1, 0.15) is 6.61 Å². The monoisotopic (exact) mass is 375 g/mol. The Kier molecular flexibility index (Phi) is 21.2. The summed E-state index contributed by atoms with van der Waals surface area (Å²) in [6.45, 7) is 3.27. The van der Waals surface area contributed by atoms with Crippen LogP contribution in [0.2, 0.25) is 0 Å². The van der Waals surface area contributed by atoms with Gasteiger partial charge in [0.05, 0.1) is 5.88 Å². The molecule has 0 radical (unpaired) electrons. The van der Waals surface area contributed by atoms with Gasteiger partial charge in [0.25, 0.3) is 0 Å². The lowest BCUT2D eigenvalue weighted by Crippen LogP contribution is -2.25. The van der Waals surface area contributed by atoms with Crippen molar-refractivity contribution in [1.82, 2.24) is 5.32 Å². The Morgan fingerprint density at radius 1 is 0.720 bits per heavy atom. The summed E-state index contributed by atoms with van der Waals surface area (Å²) in [5.74, 6) is 0.354. The Morgan fingerprint density at radius 3 is 1.52 bits per heavy atom. The molecule has 150 valence electrons. The number of amides is 1. The van der Waals surface area contributed by atoms with Crippen molar-refractivity contribution < 1.29 is 9.53 Å². The molecule has 0 rings (SSSR count). The van der Waals surface area contributed by atoms with Crippen LogP contribution >= 0.6 is 11.6 Å². The number of halogens is 1. The molecule has 0 aliphatic rings. The molecule has 4 heteroatoms. The minimum atomic E-state index is -0.346. The van der Waals surface area contributed by atoms with Gasteiger partial charge >= 0.3 is 6.09 Å². The normalized spacial score (nSPS) is 10.8. The molecule has 0 fully saturated rings. The quantitative estimate of drug-likeness (QED) is 0.191. The standard InChI is InChI=1S/C21H42ClNO2/c1-2-3-4-5-6-7-8-9-10-11-12-13-14-15-16-17-19-23-21(24)25-20-18-22/h2-20H2,1H3,(H,23,24). The first kappa shape index (κ1) is 24.6. The molecule has 0 saturated carbocycles.